The van der Waals surface area contributed by atoms with Crippen LogP contribution in [0.25, 0.3) is 0 Å². The number of aliphatic hydroxyl groups is 1. The highest BCUT2D eigenvalue weighted by atomic mass is 17.1. The fourth-order valence-electron chi connectivity index (χ4n) is 0.594. The van der Waals surface area contributed by atoms with Gasteiger partial charge in [0, 0.05) is 13.0 Å². The van der Waals surface area contributed by atoms with Gasteiger partial charge < -0.3 is 5.11 Å². The van der Waals surface area contributed by atoms with Crippen molar-refractivity contribution in [2.45, 2.75) is 12.5 Å². The molecular formula is C4H12N2O7. The second-order valence-corrected chi connectivity index (χ2v) is 2.04. The minimum Gasteiger partial charge on any atom is -0.396 e. The molecule has 0 saturated carbocycles. The number of nitrogens with zero attached hydrogens (tertiary/aromatic N) is 2. The summed E-state index contributed by atoms with van der Waals surface area (Å²) in [6, 6.07) is 0. The summed E-state index contributed by atoms with van der Waals surface area (Å²) in [6.07, 6.45) is -0.882. The second kappa shape index (κ2) is 7.08. The monoisotopic (exact) mass is 200 g/mol. The van der Waals surface area contributed by atoms with E-state index in [1.165, 1.54) is 0 Å². The quantitative estimate of drug-likeness (QED) is 0.321. The molecule has 1 atom stereocenters. The van der Waals surface area contributed by atoms with Gasteiger partial charge in [0.1, 0.15) is 12.7 Å². The highest BCUT2D eigenvalue weighted by molar-refractivity contribution is 4.52. The Kier molecular flexibility index (Phi) is 6.89. The van der Waals surface area contributed by atoms with Gasteiger partial charge in [-0.1, -0.05) is 0 Å². The summed E-state index contributed by atoms with van der Waals surface area (Å²) in [6.45, 7) is -0.649. The zero-order chi connectivity index (χ0) is 10.3. The zero-order valence-electron chi connectivity index (χ0n) is 6.65. The molecule has 0 unspecified atom stereocenters. The second-order valence-electron chi connectivity index (χ2n) is 2.04. The van der Waals surface area contributed by atoms with Gasteiger partial charge in [-0.3, -0.25) is 20.8 Å². The zero-order valence-corrected chi connectivity index (χ0v) is 6.65. The summed E-state index contributed by atoms with van der Waals surface area (Å²) in [5, 5.41) is 40.0. The smallest absolute Gasteiger partial charge is 0.112 e. The molecule has 0 spiro atoms. The maximum absolute atomic E-state index is 8.46. The van der Waals surface area contributed by atoms with Gasteiger partial charge in [-0.25, -0.2) is 9.68 Å². The SMILES string of the molecule is OCC[C@@H](CON(O)O)ON(O)O. The van der Waals surface area contributed by atoms with E-state index in [0.29, 0.717) is 0 Å². The van der Waals surface area contributed by atoms with Crippen molar-refractivity contribution in [3.8, 4) is 0 Å². The number of hydrogen-bond donors (Lipinski definition) is 5. The number of rotatable bonds is 7. The molecule has 0 radical (unpaired) electrons. The third-order valence-corrected chi connectivity index (χ3v) is 1.07. The minimum atomic E-state index is -0.915. The van der Waals surface area contributed by atoms with E-state index in [2.05, 4.69) is 9.68 Å². The Bertz CT molecular complexity index is 121. The van der Waals surface area contributed by atoms with Crippen molar-refractivity contribution >= 4 is 0 Å². The first-order valence-electron chi connectivity index (χ1n) is 3.32. The van der Waals surface area contributed by atoms with Crippen LogP contribution in [-0.4, -0.2) is 56.0 Å². The van der Waals surface area contributed by atoms with Crippen molar-refractivity contribution < 1.29 is 35.6 Å². The maximum Gasteiger partial charge on any atom is 0.112 e. The lowest BCUT2D eigenvalue weighted by atomic mass is 10.3. The molecule has 0 aliphatic rings. The van der Waals surface area contributed by atoms with Crippen LogP contribution in [0.5, 0.6) is 0 Å². The molecule has 9 heteroatoms. The number of aliphatic hydroxyl groups excluding tert-OH is 1. The van der Waals surface area contributed by atoms with E-state index in [-0.39, 0.29) is 19.6 Å². The fourth-order valence-corrected chi connectivity index (χ4v) is 0.594. The first-order valence-corrected chi connectivity index (χ1v) is 3.32. The molecule has 0 bridgehead atoms. The molecule has 80 valence electrons. The molecule has 0 aromatic rings. The van der Waals surface area contributed by atoms with Crippen molar-refractivity contribution in [1.29, 1.82) is 0 Å². The molecular weight excluding hydrogens is 188 g/mol. The molecule has 0 aromatic heterocycles. The minimum absolute atomic E-state index is 0.0332. The Labute approximate surface area is 73.3 Å². The van der Waals surface area contributed by atoms with Crippen LogP contribution >= 0.6 is 0 Å². The van der Waals surface area contributed by atoms with Crippen molar-refractivity contribution in [2.75, 3.05) is 13.2 Å². The van der Waals surface area contributed by atoms with Gasteiger partial charge in [0.05, 0.1) is 10.8 Å². The van der Waals surface area contributed by atoms with E-state index in [4.69, 9.17) is 25.9 Å². The maximum atomic E-state index is 8.46. The van der Waals surface area contributed by atoms with Crippen LogP contribution in [0.4, 0.5) is 0 Å². The lowest BCUT2D eigenvalue weighted by Gasteiger charge is -2.17. The topological polar surface area (TPSA) is 126 Å². The molecule has 5 N–H and O–H groups in total. The number of hydrogen-bond acceptors (Lipinski definition) is 9. The lowest BCUT2D eigenvalue weighted by molar-refractivity contribution is -0.527. The van der Waals surface area contributed by atoms with E-state index in [1.54, 1.807) is 0 Å². The van der Waals surface area contributed by atoms with Crippen molar-refractivity contribution in [2.24, 2.45) is 0 Å². The Balaban J connectivity index is 3.66. The molecule has 0 aromatic carbocycles. The van der Waals surface area contributed by atoms with Crippen LogP contribution < -0.4 is 0 Å². The molecule has 0 aliphatic heterocycles. The van der Waals surface area contributed by atoms with Gasteiger partial charge in [-0.2, -0.15) is 0 Å². The first-order chi connectivity index (χ1) is 6.06. The van der Waals surface area contributed by atoms with E-state index in [0.717, 1.165) is 0 Å². The Morgan fingerprint density at radius 2 is 1.69 bits per heavy atom. The summed E-state index contributed by atoms with van der Waals surface area (Å²) in [4.78, 5) is 8.37. The molecule has 0 fully saturated rings. The molecule has 9 nitrogen and oxygen atoms in total. The van der Waals surface area contributed by atoms with E-state index >= 15 is 0 Å². The average Bonchev–Trinajstić information content (AvgIpc) is 1.99. The lowest BCUT2D eigenvalue weighted by Crippen LogP contribution is -2.31. The van der Waals surface area contributed by atoms with Gasteiger partial charge in [0.25, 0.3) is 0 Å². The summed E-state index contributed by atoms with van der Waals surface area (Å²) in [5.41, 5.74) is 0. The van der Waals surface area contributed by atoms with Gasteiger partial charge in [0.2, 0.25) is 0 Å². The third-order valence-electron chi connectivity index (χ3n) is 1.07. The first kappa shape index (κ1) is 12.6. The van der Waals surface area contributed by atoms with Crippen molar-refractivity contribution in [3.05, 3.63) is 0 Å². The molecule has 0 amide bonds. The third kappa shape index (κ3) is 7.98. The van der Waals surface area contributed by atoms with Crippen molar-refractivity contribution in [1.82, 2.24) is 10.8 Å². The summed E-state index contributed by atoms with van der Waals surface area (Å²) in [5.74, 6) is 0. The molecule has 13 heavy (non-hydrogen) atoms. The highest BCUT2D eigenvalue weighted by Crippen LogP contribution is 2.00. The van der Waals surface area contributed by atoms with Crippen LogP contribution in [-0.2, 0) is 9.68 Å². The predicted octanol–water partition coefficient (Wildman–Crippen LogP) is -1.24. The Hall–Kier alpha value is -0.360. The van der Waals surface area contributed by atoms with E-state index < -0.39 is 16.9 Å². The molecule has 0 saturated heterocycles. The molecule has 0 aliphatic carbocycles. The largest absolute Gasteiger partial charge is 0.396 e. The molecule has 0 rings (SSSR count). The van der Waals surface area contributed by atoms with E-state index in [9.17, 15) is 0 Å². The molecule has 0 heterocycles. The predicted molar refractivity (Wildman–Crippen MR) is 33.4 cm³/mol. The average molecular weight is 200 g/mol. The summed E-state index contributed by atoms with van der Waals surface area (Å²) < 4.78 is 0. The summed E-state index contributed by atoms with van der Waals surface area (Å²) in [7, 11) is 0. The Morgan fingerprint density at radius 1 is 1.08 bits per heavy atom. The van der Waals surface area contributed by atoms with Crippen LogP contribution in [0.3, 0.4) is 0 Å². The van der Waals surface area contributed by atoms with E-state index in [1.807, 2.05) is 0 Å². The van der Waals surface area contributed by atoms with Gasteiger partial charge >= 0.3 is 0 Å². The van der Waals surface area contributed by atoms with Gasteiger partial charge in [-0.05, 0) is 0 Å². The van der Waals surface area contributed by atoms with Gasteiger partial charge in [0.15, 0.2) is 0 Å². The van der Waals surface area contributed by atoms with Gasteiger partial charge in [-0.15, -0.1) is 0 Å². The van der Waals surface area contributed by atoms with Crippen LogP contribution in [0.1, 0.15) is 6.42 Å². The van der Waals surface area contributed by atoms with Crippen molar-refractivity contribution in [3.63, 3.8) is 0 Å². The Morgan fingerprint density at radius 3 is 2.08 bits per heavy atom. The van der Waals surface area contributed by atoms with Crippen LogP contribution in [0.15, 0.2) is 0 Å². The fraction of sp³-hybridized carbons (Fsp3) is 1.00. The van der Waals surface area contributed by atoms with Crippen LogP contribution in [0, 0.1) is 0 Å². The van der Waals surface area contributed by atoms with Crippen LogP contribution in [0.2, 0.25) is 0 Å². The standard InChI is InChI=1S/C4H12N2O7/c7-2-1-4(13-6(10)11)3-12-5(8)9/h4,7-11H,1-3H2/t4-/m0/s1. The summed E-state index contributed by atoms with van der Waals surface area (Å²) >= 11 is 0. The highest BCUT2D eigenvalue weighted by Gasteiger charge is 2.14. The normalized spacial score (nSPS) is 14.1.